The van der Waals surface area contributed by atoms with Crippen molar-refractivity contribution in [1.82, 2.24) is 4.98 Å². The monoisotopic (exact) mass is 142 g/mol. The summed E-state index contributed by atoms with van der Waals surface area (Å²) in [5.74, 6) is 1.09. The molecule has 0 aliphatic carbocycles. The van der Waals surface area contributed by atoms with Crippen molar-refractivity contribution in [3.8, 4) is 0 Å². The van der Waals surface area contributed by atoms with E-state index in [0.29, 0.717) is 0 Å². The van der Waals surface area contributed by atoms with Gasteiger partial charge in [0.25, 0.3) is 0 Å². The number of aromatic amines is 2. The summed E-state index contributed by atoms with van der Waals surface area (Å²) < 4.78 is 0. The minimum absolute atomic E-state index is 0. The second kappa shape index (κ2) is 2.82. The first-order chi connectivity index (χ1) is 2.89. The van der Waals surface area contributed by atoms with Crippen LogP contribution in [0.3, 0.4) is 0 Å². The van der Waals surface area contributed by atoms with E-state index in [1.54, 1.807) is 0 Å². The van der Waals surface area contributed by atoms with Gasteiger partial charge in [0, 0.05) is 6.92 Å². The van der Waals surface area contributed by atoms with E-state index in [2.05, 4.69) is 9.97 Å². The average molecular weight is 142 g/mol. The van der Waals surface area contributed by atoms with Crippen LogP contribution in [0.15, 0.2) is 12.4 Å². The summed E-state index contributed by atoms with van der Waals surface area (Å²) in [7, 11) is 0. The van der Waals surface area contributed by atoms with Gasteiger partial charge >= 0.3 is 16.8 Å². The van der Waals surface area contributed by atoms with Crippen molar-refractivity contribution in [1.29, 1.82) is 0 Å². The van der Waals surface area contributed by atoms with E-state index in [1.165, 1.54) is 0 Å². The van der Waals surface area contributed by atoms with Crippen molar-refractivity contribution in [3.05, 3.63) is 18.2 Å². The largest absolute Gasteiger partial charge is 2.00 e. The maximum Gasteiger partial charge on any atom is 2.00 e. The van der Waals surface area contributed by atoms with Gasteiger partial charge in [0.2, 0.25) is 5.82 Å². The van der Waals surface area contributed by atoms with Gasteiger partial charge in [-0.2, -0.15) is 0 Å². The van der Waals surface area contributed by atoms with E-state index >= 15 is 0 Å². The van der Waals surface area contributed by atoms with Crippen LogP contribution in [0, 0.1) is 6.92 Å². The van der Waals surface area contributed by atoms with Crippen molar-refractivity contribution in [2.75, 3.05) is 0 Å². The molecule has 0 unspecified atom stereocenters. The first-order valence-electron chi connectivity index (χ1n) is 1.91. The maximum atomic E-state index is 2.94. The predicted octanol–water partition coefficient (Wildman–Crippen LogP) is 0.135. The standard InChI is InChI=1S/C4H6N2.Co/c1-4-5-2-3-6-4;/h2-3H,1H3,(H,5,6);/q;+2/p+1. The molecule has 0 saturated carbocycles. The van der Waals surface area contributed by atoms with Gasteiger partial charge in [0.1, 0.15) is 12.4 Å². The summed E-state index contributed by atoms with van der Waals surface area (Å²) >= 11 is 0. The molecular weight excluding hydrogens is 135 g/mol. The van der Waals surface area contributed by atoms with Crippen molar-refractivity contribution in [3.63, 3.8) is 0 Å². The van der Waals surface area contributed by atoms with Crippen LogP contribution in [-0.2, 0) is 16.8 Å². The molecule has 7 heavy (non-hydrogen) atoms. The number of imidazole rings is 1. The minimum Gasteiger partial charge on any atom is -0.248 e. The Bertz CT molecular complexity index is 113. The summed E-state index contributed by atoms with van der Waals surface area (Å²) in [6, 6.07) is 0. The topological polar surface area (TPSA) is 29.9 Å². The fourth-order valence-corrected chi connectivity index (χ4v) is 0.375. The number of hydrogen-bond acceptors (Lipinski definition) is 0. The molecule has 0 spiro atoms. The zero-order valence-corrected chi connectivity index (χ0v) is 5.03. The van der Waals surface area contributed by atoms with E-state index in [9.17, 15) is 0 Å². The molecule has 39 valence electrons. The zero-order valence-electron chi connectivity index (χ0n) is 3.99. The number of nitrogens with one attached hydrogen (secondary N) is 2. The predicted molar refractivity (Wildman–Crippen MR) is 22.1 cm³/mol. The molecule has 0 aliphatic rings. The molecule has 0 amide bonds. The summed E-state index contributed by atoms with van der Waals surface area (Å²) in [6.07, 6.45) is 3.71. The van der Waals surface area contributed by atoms with Crippen LogP contribution in [0.1, 0.15) is 5.82 Å². The van der Waals surface area contributed by atoms with Gasteiger partial charge in [0.05, 0.1) is 0 Å². The molecule has 0 atom stereocenters. The van der Waals surface area contributed by atoms with Crippen molar-refractivity contribution in [2.45, 2.75) is 6.92 Å². The quantitative estimate of drug-likeness (QED) is 0.533. The van der Waals surface area contributed by atoms with E-state index < -0.39 is 0 Å². The Kier molecular flexibility index (Phi) is 2.70. The number of aryl methyl sites for hydroxylation is 1. The summed E-state index contributed by atoms with van der Waals surface area (Å²) in [5.41, 5.74) is 0. The van der Waals surface area contributed by atoms with Crippen LogP contribution < -0.4 is 4.98 Å². The number of hydrogen-bond donors (Lipinski definition) is 1. The zero-order chi connectivity index (χ0) is 4.41. The normalized spacial score (nSPS) is 7.57. The first kappa shape index (κ1) is 6.72. The molecule has 2 N–H and O–H groups in total. The Morgan fingerprint density at radius 1 is 1.71 bits per heavy atom. The minimum atomic E-state index is 0. The van der Waals surface area contributed by atoms with Crippen molar-refractivity contribution >= 4 is 0 Å². The van der Waals surface area contributed by atoms with Gasteiger partial charge in [-0.3, -0.25) is 0 Å². The second-order valence-electron chi connectivity index (χ2n) is 1.25. The molecule has 0 aliphatic heterocycles. The molecule has 0 fully saturated rings. The van der Waals surface area contributed by atoms with Crippen LogP contribution in [0.25, 0.3) is 0 Å². The SMILES string of the molecule is Cc1[nH]cc[nH+]1.[Co+2]. The Morgan fingerprint density at radius 2 is 2.43 bits per heavy atom. The third kappa shape index (κ3) is 1.75. The van der Waals surface area contributed by atoms with Crippen LogP contribution in [0.4, 0.5) is 0 Å². The summed E-state index contributed by atoms with van der Waals surface area (Å²) in [6.45, 7) is 1.97. The Balaban J connectivity index is 0.000000360. The van der Waals surface area contributed by atoms with Gasteiger partial charge in [-0.05, 0) is 0 Å². The van der Waals surface area contributed by atoms with Crippen molar-refractivity contribution in [2.24, 2.45) is 0 Å². The van der Waals surface area contributed by atoms with Gasteiger partial charge in [-0.25, -0.2) is 9.97 Å². The van der Waals surface area contributed by atoms with Gasteiger partial charge < -0.3 is 0 Å². The molecule has 3 heteroatoms. The van der Waals surface area contributed by atoms with Crippen LogP contribution >= 0.6 is 0 Å². The fourth-order valence-electron chi connectivity index (χ4n) is 0.375. The maximum absolute atomic E-state index is 2.94. The molecule has 1 rings (SSSR count). The van der Waals surface area contributed by atoms with Gasteiger partial charge in [0.15, 0.2) is 0 Å². The molecule has 0 bridgehead atoms. The number of aromatic nitrogens is 2. The Labute approximate surface area is 52.5 Å². The van der Waals surface area contributed by atoms with Gasteiger partial charge in [-0.15, -0.1) is 0 Å². The fraction of sp³-hybridized carbons (Fsp3) is 0.250. The summed E-state index contributed by atoms with van der Waals surface area (Å²) in [5, 5.41) is 0. The van der Waals surface area contributed by atoms with Crippen LogP contribution in [-0.4, -0.2) is 4.98 Å². The smallest absolute Gasteiger partial charge is 0.248 e. The molecule has 2 nitrogen and oxygen atoms in total. The van der Waals surface area contributed by atoms with E-state index in [0.717, 1.165) is 5.82 Å². The molecule has 1 aromatic heterocycles. The van der Waals surface area contributed by atoms with E-state index in [4.69, 9.17) is 0 Å². The third-order valence-electron chi connectivity index (χ3n) is 0.683. The van der Waals surface area contributed by atoms with E-state index in [1.807, 2.05) is 19.3 Å². The van der Waals surface area contributed by atoms with E-state index in [-0.39, 0.29) is 16.8 Å². The molecular formula is C4H7CoN2+3. The molecule has 1 heterocycles. The van der Waals surface area contributed by atoms with Crippen LogP contribution in [0.5, 0.6) is 0 Å². The second-order valence-corrected chi connectivity index (χ2v) is 1.25. The molecule has 0 saturated heterocycles. The molecule has 0 aromatic carbocycles. The third-order valence-corrected chi connectivity index (χ3v) is 0.683. The van der Waals surface area contributed by atoms with Crippen LogP contribution in [0.2, 0.25) is 0 Å². The number of H-pyrrole nitrogens is 2. The molecule has 1 aromatic rings. The Morgan fingerprint density at radius 3 is 2.57 bits per heavy atom. The van der Waals surface area contributed by atoms with Crippen molar-refractivity contribution < 1.29 is 21.8 Å². The first-order valence-corrected chi connectivity index (χ1v) is 1.91. The van der Waals surface area contributed by atoms with Gasteiger partial charge in [-0.1, -0.05) is 0 Å². The number of rotatable bonds is 0. The summed E-state index contributed by atoms with van der Waals surface area (Å²) in [4.78, 5) is 5.89. The Hall–Kier alpha value is -0.284. The average Bonchev–Trinajstić information content (AvgIpc) is 1.86. The molecule has 1 radical (unpaired) electrons.